The molecule has 1 aromatic carbocycles. The third-order valence-electron chi connectivity index (χ3n) is 3.92. The van der Waals surface area contributed by atoms with Gasteiger partial charge in [0.2, 0.25) is 0 Å². The van der Waals surface area contributed by atoms with Gasteiger partial charge in [0, 0.05) is 6.54 Å². The van der Waals surface area contributed by atoms with Crippen LogP contribution in [-0.2, 0) is 6.54 Å². The molecule has 1 unspecified atom stereocenters. The average Bonchev–Trinajstić information content (AvgIpc) is 3.22. The van der Waals surface area contributed by atoms with Crippen LogP contribution in [0.3, 0.4) is 0 Å². The second-order valence-electron chi connectivity index (χ2n) is 5.50. The molecule has 0 radical (unpaired) electrons. The third-order valence-corrected chi connectivity index (χ3v) is 5.30. The SMILES string of the molecule is Fc1cccc(CNc2ncnc3c2ncn3C2CCCS2)c1. The number of benzene rings is 1. The molecule has 118 valence electrons. The van der Waals surface area contributed by atoms with Crippen molar-refractivity contribution >= 4 is 28.7 Å². The summed E-state index contributed by atoms with van der Waals surface area (Å²) < 4.78 is 15.4. The number of fused-ring (bicyclic) bond motifs is 1. The van der Waals surface area contributed by atoms with Crippen LogP contribution in [0.4, 0.5) is 10.2 Å². The quantitative estimate of drug-likeness (QED) is 0.792. The Hall–Kier alpha value is -2.15. The van der Waals surface area contributed by atoms with Gasteiger partial charge in [0.1, 0.15) is 17.7 Å². The largest absolute Gasteiger partial charge is 0.364 e. The summed E-state index contributed by atoms with van der Waals surface area (Å²) in [7, 11) is 0. The smallest absolute Gasteiger partial charge is 0.166 e. The van der Waals surface area contributed by atoms with Crippen LogP contribution in [0.1, 0.15) is 23.8 Å². The lowest BCUT2D eigenvalue weighted by atomic mass is 10.2. The fourth-order valence-corrected chi connectivity index (χ4v) is 4.06. The minimum atomic E-state index is -0.236. The molecule has 3 heterocycles. The van der Waals surface area contributed by atoms with Gasteiger partial charge in [-0.25, -0.2) is 19.3 Å². The molecule has 2 aromatic heterocycles. The number of hydrogen-bond donors (Lipinski definition) is 1. The van der Waals surface area contributed by atoms with Gasteiger partial charge in [-0.1, -0.05) is 12.1 Å². The number of anilines is 1. The standard InChI is InChI=1S/C16H16FN5S/c17-12-4-1-3-11(7-12)8-18-15-14-16(20-9-19-15)22(10-21-14)13-5-2-6-23-13/h1,3-4,7,9-10,13H,2,5-6,8H2,(H,18,19,20). The second-order valence-corrected chi connectivity index (χ2v) is 6.78. The van der Waals surface area contributed by atoms with Crippen LogP contribution in [0.5, 0.6) is 0 Å². The molecule has 1 fully saturated rings. The summed E-state index contributed by atoms with van der Waals surface area (Å²) >= 11 is 1.93. The first-order valence-electron chi connectivity index (χ1n) is 7.59. The van der Waals surface area contributed by atoms with Crippen molar-refractivity contribution in [3.8, 4) is 0 Å². The maximum Gasteiger partial charge on any atom is 0.166 e. The molecule has 1 saturated heterocycles. The Bertz CT molecular complexity index is 828. The van der Waals surface area contributed by atoms with Gasteiger partial charge < -0.3 is 9.88 Å². The van der Waals surface area contributed by atoms with E-state index in [-0.39, 0.29) is 5.82 Å². The average molecular weight is 329 g/mol. The van der Waals surface area contributed by atoms with E-state index in [0.29, 0.717) is 17.7 Å². The van der Waals surface area contributed by atoms with Gasteiger partial charge in [-0.15, -0.1) is 11.8 Å². The summed E-state index contributed by atoms with van der Waals surface area (Å²) in [5.41, 5.74) is 2.47. The minimum absolute atomic E-state index is 0.236. The van der Waals surface area contributed by atoms with Crippen molar-refractivity contribution in [3.63, 3.8) is 0 Å². The molecule has 1 atom stereocenters. The molecule has 0 aliphatic carbocycles. The Morgan fingerprint density at radius 1 is 1.30 bits per heavy atom. The Morgan fingerprint density at radius 2 is 2.26 bits per heavy atom. The number of rotatable bonds is 4. The highest BCUT2D eigenvalue weighted by atomic mass is 32.2. The van der Waals surface area contributed by atoms with E-state index in [1.54, 1.807) is 12.4 Å². The summed E-state index contributed by atoms with van der Waals surface area (Å²) in [6.07, 6.45) is 5.76. The summed E-state index contributed by atoms with van der Waals surface area (Å²) in [4.78, 5) is 13.2. The number of nitrogens with one attached hydrogen (secondary N) is 1. The van der Waals surface area contributed by atoms with Crippen LogP contribution in [0, 0.1) is 5.82 Å². The van der Waals surface area contributed by atoms with Crippen LogP contribution in [0.2, 0.25) is 0 Å². The summed E-state index contributed by atoms with van der Waals surface area (Å²) in [5.74, 6) is 1.63. The molecule has 1 aliphatic heterocycles. The van der Waals surface area contributed by atoms with Gasteiger partial charge >= 0.3 is 0 Å². The third kappa shape index (κ3) is 2.88. The Balaban J connectivity index is 1.60. The van der Waals surface area contributed by atoms with E-state index in [1.807, 2.05) is 24.2 Å². The minimum Gasteiger partial charge on any atom is -0.364 e. The topological polar surface area (TPSA) is 55.6 Å². The maximum absolute atomic E-state index is 13.3. The highest BCUT2D eigenvalue weighted by molar-refractivity contribution is 7.99. The van der Waals surface area contributed by atoms with Gasteiger partial charge in [0.15, 0.2) is 11.5 Å². The molecule has 1 N–H and O–H groups in total. The molecule has 5 nitrogen and oxygen atoms in total. The van der Waals surface area contributed by atoms with Crippen molar-refractivity contribution in [1.82, 2.24) is 19.5 Å². The zero-order valence-electron chi connectivity index (χ0n) is 12.4. The van der Waals surface area contributed by atoms with E-state index >= 15 is 0 Å². The van der Waals surface area contributed by atoms with Crippen molar-refractivity contribution in [2.24, 2.45) is 0 Å². The molecule has 4 rings (SSSR count). The van der Waals surface area contributed by atoms with E-state index in [4.69, 9.17) is 0 Å². The predicted octanol–water partition coefficient (Wildman–Crippen LogP) is 3.60. The maximum atomic E-state index is 13.3. The monoisotopic (exact) mass is 329 g/mol. The molecule has 0 amide bonds. The lowest BCUT2D eigenvalue weighted by Gasteiger charge is -2.11. The molecular weight excluding hydrogens is 313 g/mol. The zero-order valence-corrected chi connectivity index (χ0v) is 13.3. The first kappa shape index (κ1) is 14.4. The van der Waals surface area contributed by atoms with Gasteiger partial charge in [-0.05, 0) is 36.3 Å². The van der Waals surface area contributed by atoms with E-state index in [9.17, 15) is 4.39 Å². The Labute approximate surface area is 137 Å². The van der Waals surface area contributed by atoms with Crippen LogP contribution in [0.15, 0.2) is 36.9 Å². The number of nitrogens with zero attached hydrogens (tertiary/aromatic N) is 4. The van der Waals surface area contributed by atoms with Crippen LogP contribution < -0.4 is 5.32 Å². The van der Waals surface area contributed by atoms with Crippen molar-refractivity contribution in [3.05, 3.63) is 48.3 Å². The molecule has 0 bridgehead atoms. The highest BCUT2D eigenvalue weighted by Crippen LogP contribution is 2.37. The number of aromatic nitrogens is 4. The van der Waals surface area contributed by atoms with Gasteiger partial charge in [0.25, 0.3) is 0 Å². The van der Waals surface area contributed by atoms with Crippen molar-refractivity contribution in [2.75, 3.05) is 11.1 Å². The second kappa shape index (κ2) is 6.16. The number of thioether (sulfide) groups is 1. The number of hydrogen-bond acceptors (Lipinski definition) is 5. The predicted molar refractivity (Wildman–Crippen MR) is 89.8 cm³/mol. The normalized spacial score (nSPS) is 17.7. The fraction of sp³-hybridized carbons (Fsp3) is 0.312. The molecule has 23 heavy (non-hydrogen) atoms. The molecule has 3 aromatic rings. The molecule has 0 saturated carbocycles. The number of imidazole rings is 1. The molecular formula is C16H16FN5S. The van der Waals surface area contributed by atoms with E-state index < -0.39 is 0 Å². The van der Waals surface area contributed by atoms with Crippen LogP contribution in [-0.4, -0.2) is 25.3 Å². The van der Waals surface area contributed by atoms with Gasteiger partial charge in [0.05, 0.1) is 11.7 Å². The molecule has 7 heteroatoms. The van der Waals surface area contributed by atoms with Crippen LogP contribution >= 0.6 is 11.8 Å². The van der Waals surface area contributed by atoms with E-state index in [2.05, 4.69) is 24.8 Å². The summed E-state index contributed by atoms with van der Waals surface area (Å²) in [6, 6.07) is 6.53. The van der Waals surface area contributed by atoms with Crippen LogP contribution in [0.25, 0.3) is 11.2 Å². The van der Waals surface area contributed by atoms with Crippen molar-refractivity contribution in [1.29, 1.82) is 0 Å². The van der Waals surface area contributed by atoms with Crippen molar-refractivity contribution < 1.29 is 4.39 Å². The van der Waals surface area contributed by atoms with E-state index in [1.165, 1.54) is 24.3 Å². The Morgan fingerprint density at radius 3 is 3.09 bits per heavy atom. The highest BCUT2D eigenvalue weighted by Gasteiger charge is 2.21. The first-order valence-corrected chi connectivity index (χ1v) is 8.63. The first-order chi connectivity index (χ1) is 11.3. The lowest BCUT2D eigenvalue weighted by Crippen LogP contribution is -2.04. The molecule has 1 aliphatic rings. The fourth-order valence-electron chi connectivity index (χ4n) is 2.80. The zero-order chi connectivity index (χ0) is 15.6. The Kier molecular flexibility index (Phi) is 3.87. The number of halogens is 1. The van der Waals surface area contributed by atoms with Gasteiger partial charge in [-0.3, -0.25) is 0 Å². The van der Waals surface area contributed by atoms with Gasteiger partial charge in [-0.2, -0.15) is 0 Å². The summed E-state index contributed by atoms with van der Waals surface area (Å²) in [5, 5.41) is 3.64. The lowest BCUT2D eigenvalue weighted by molar-refractivity contribution is 0.626. The molecule has 0 spiro atoms. The van der Waals surface area contributed by atoms with E-state index in [0.717, 1.165) is 23.1 Å². The van der Waals surface area contributed by atoms with Crippen molar-refractivity contribution in [2.45, 2.75) is 24.8 Å². The summed E-state index contributed by atoms with van der Waals surface area (Å²) in [6.45, 7) is 0.495.